The zero-order valence-corrected chi connectivity index (χ0v) is 12.7. The molecule has 0 saturated heterocycles. The van der Waals surface area contributed by atoms with E-state index in [-0.39, 0.29) is 25.1 Å². The van der Waals surface area contributed by atoms with Crippen LogP contribution in [0.15, 0.2) is 46.0 Å². The molecule has 0 atom stereocenters. The Kier molecular flexibility index (Phi) is 5.04. The van der Waals surface area contributed by atoms with Gasteiger partial charge in [0.2, 0.25) is 0 Å². The normalized spacial score (nSPS) is 11.5. The average Bonchev–Trinajstić information content (AvgIpc) is 2.85. The molecule has 2 N–H and O–H groups in total. The smallest absolute Gasteiger partial charge is 0.404 e. The molecule has 10 heteroatoms. The van der Waals surface area contributed by atoms with Crippen molar-refractivity contribution < 1.29 is 13.9 Å². The Balaban J connectivity index is 2.19. The highest BCUT2D eigenvalue weighted by Crippen LogP contribution is 2.08. The monoisotopic (exact) mass is 371 g/mol. The predicted molar refractivity (Wildman–Crippen MR) is 78.0 cm³/mol. The van der Waals surface area contributed by atoms with E-state index in [1.165, 1.54) is 17.1 Å². The van der Waals surface area contributed by atoms with E-state index in [1.807, 2.05) is 0 Å². The van der Waals surface area contributed by atoms with Gasteiger partial charge in [0.1, 0.15) is 17.5 Å². The Morgan fingerprint density at radius 3 is 2.86 bits per heavy atom. The maximum atomic E-state index is 12.7. The zero-order valence-electron chi connectivity index (χ0n) is 11.1. The number of halogens is 2. The number of nitrogens with two attached hydrogens (primary N) is 1. The van der Waals surface area contributed by atoms with Crippen LogP contribution in [0.2, 0.25) is 0 Å². The van der Waals surface area contributed by atoms with Crippen molar-refractivity contribution in [2.75, 3.05) is 6.61 Å². The van der Waals surface area contributed by atoms with Gasteiger partial charge < -0.3 is 10.5 Å². The van der Waals surface area contributed by atoms with E-state index in [9.17, 15) is 14.0 Å². The van der Waals surface area contributed by atoms with E-state index in [1.54, 1.807) is 12.1 Å². The average molecular weight is 372 g/mol. The summed E-state index contributed by atoms with van der Waals surface area (Å²) >= 11 is 3.19. The van der Waals surface area contributed by atoms with Gasteiger partial charge in [-0.3, -0.25) is 0 Å². The topological polar surface area (TPSA) is 105 Å². The Labute approximate surface area is 132 Å². The number of ether oxygens (including phenoxy) is 1. The fraction of sp³-hybridized carbons (Fsp3) is 0.167. The summed E-state index contributed by atoms with van der Waals surface area (Å²) < 4.78 is 20.1. The van der Waals surface area contributed by atoms with Crippen molar-refractivity contribution >= 4 is 22.0 Å². The third-order valence-electron chi connectivity index (χ3n) is 2.63. The Bertz CT molecular complexity index is 753. The Hall–Kier alpha value is -2.49. The fourth-order valence-electron chi connectivity index (χ4n) is 1.60. The molecule has 2 rings (SSSR count). The molecule has 22 heavy (non-hydrogen) atoms. The highest BCUT2D eigenvalue weighted by atomic mass is 79.9. The molecule has 0 aliphatic rings. The van der Waals surface area contributed by atoms with Crippen LogP contribution in [-0.2, 0) is 11.3 Å². The van der Waals surface area contributed by atoms with Gasteiger partial charge in [0.25, 0.3) is 0 Å². The molecule has 8 nitrogen and oxygen atoms in total. The van der Waals surface area contributed by atoms with Crippen LogP contribution in [0, 0.1) is 0 Å². The predicted octanol–water partition coefficient (Wildman–Crippen LogP) is 1.14. The van der Waals surface area contributed by atoms with E-state index in [2.05, 4.69) is 30.7 Å². The number of nitrogens with zero attached hydrogens (tertiary/aromatic N) is 4. The summed E-state index contributed by atoms with van der Waals surface area (Å²) in [6.07, 6.45) is 1.99. The number of amides is 1. The lowest BCUT2D eigenvalue weighted by molar-refractivity contribution is 0.164. The highest BCUT2D eigenvalue weighted by Gasteiger charge is 2.10. The fourth-order valence-corrected chi connectivity index (χ4v) is 1.84. The molecular formula is C12H11BrFN5O3. The standard InChI is InChI=1S/C12H11BrFN5O3/c13-10-2-1-9(4-16-10)18-7-17-19(12(18)21)5-8(3-14)6-22-11(15)20/h1-4,7H,5-6H2,(H2,15,20)/b8-3-. The first-order valence-corrected chi connectivity index (χ1v) is 6.77. The molecule has 116 valence electrons. The van der Waals surface area contributed by atoms with Gasteiger partial charge in [-0.05, 0) is 28.1 Å². The maximum Gasteiger partial charge on any atom is 0.404 e. The van der Waals surface area contributed by atoms with Crippen LogP contribution in [-0.4, -0.2) is 32.0 Å². The summed E-state index contributed by atoms with van der Waals surface area (Å²) in [5, 5.41) is 3.88. The van der Waals surface area contributed by atoms with Gasteiger partial charge >= 0.3 is 11.8 Å². The van der Waals surface area contributed by atoms with Crippen LogP contribution >= 0.6 is 15.9 Å². The third-order valence-corrected chi connectivity index (χ3v) is 3.10. The number of pyridine rings is 1. The van der Waals surface area contributed by atoms with E-state index >= 15 is 0 Å². The van der Waals surface area contributed by atoms with Crippen molar-refractivity contribution in [2.45, 2.75) is 6.54 Å². The van der Waals surface area contributed by atoms with Crippen LogP contribution in [0.1, 0.15) is 0 Å². The molecule has 1 amide bonds. The molecule has 2 aromatic rings. The lowest BCUT2D eigenvalue weighted by atomic mass is 10.3. The van der Waals surface area contributed by atoms with E-state index in [0.717, 1.165) is 4.68 Å². The Morgan fingerprint density at radius 2 is 2.27 bits per heavy atom. The zero-order chi connectivity index (χ0) is 16.1. The molecule has 0 fully saturated rings. The number of hydrogen-bond acceptors (Lipinski definition) is 5. The van der Waals surface area contributed by atoms with E-state index < -0.39 is 11.8 Å². The van der Waals surface area contributed by atoms with Crippen molar-refractivity contribution in [1.29, 1.82) is 0 Å². The summed E-state index contributed by atoms with van der Waals surface area (Å²) in [7, 11) is 0. The number of aromatic nitrogens is 4. The second kappa shape index (κ2) is 6.98. The molecule has 2 aromatic heterocycles. The summed E-state index contributed by atoms with van der Waals surface area (Å²) in [6, 6.07) is 3.35. The molecule has 0 radical (unpaired) electrons. The minimum absolute atomic E-state index is 0.0417. The highest BCUT2D eigenvalue weighted by molar-refractivity contribution is 9.10. The molecule has 0 saturated carbocycles. The van der Waals surface area contributed by atoms with Gasteiger partial charge in [0, 0.05) is 5.57 Å². The minimum Gasteiger partial charge on any atom is -0.445 e. The molecule has 0 aliphatic heterocycles. The Morgan fingerprint density at radius 1 is 1.50 bits per heavy atom. The van der Waals surface area contributed by atoms with Crippen molar-refractivity contribution in [1.82, 2.24) is 19.3 Å². The molecule has 0 aliphatic carbocycles. The van der Waals surface area contributed by atoms with Crippen molar-refractivity contribution in [3.63, 3.8) is 0 Å². The summed E-state index contributed by atoms with van der Waals surface area (Å²) in [5.41, 5.74) is 4.87. The SMILES string of the molecule is NC(=O)OC/C(=C\F)Cn1ncn(-c2ccc(Br)nc2)c1=O. The summed E-state index contributed by atoms with van der Waals surface area (Å²) in [6.45, 7) is -0.523. The number of carbonyl (C=O) groups is 1. The largest absolute Gasteiger partial charge is 0.445 e. The molecule has 0 aromatic carbocycles. The van der Waals surface area contributed by atoms with Crippen LogP contribution in [0.25, 0.3) is 5.69 Å². The van der Waals surface area contributed by atoms with Gasteiger partial charge in [0.15, 0.2) is 0 Å². The van der Waals surface area contributed by atoms with Gasteiger partial charge in [-0.2, -0.15) is 5.10 Å². The molecular weight excluding hydrogens is 361 g/mol. The first-order chi connectivity index (χ1) is 10.5. The minimum atomic E-state index is -1.03. The number of rotatable bonds is 5. The number of carbonyl (C=O) groups excluding carboxylic acids is 1. The summed E-state index contributed by atoms with van der Waals surface area (Å²) in [5.74, 6) is 0. The molecule has 0 unspecified atom stereocenters. The molecule has 0 bridgehead atoms. The number of primary amides is 1. The van der Waals surface area contributed by atoms with Gasteiger partial charge in [-0.25, -0.2) is 28.2 Å². The van der Waals surface area contributed by atoms with Gasteiger partial charge in [-0.15, -0.1) is 0 Å². The van der Waals surface area contributed by atoms with Crippen LogP contribution in [0.3, 0.4) is 0 Å². The third kappa shape index (κ3) is 3.79. The van der Waals surface area contributed by atoms with Crippen LogP contribution in [0.5, 0.6) is 0 Å². The van der Waals surface area contributed by atoms with Crippen molar-refractivity contribution in [3.05, 3.63) is 51.6 Å². The molecule has 0 spiro atoms. The summed E-state index contributed by atoms with van der Waals surface area (Å²) in [4.78, 5) is 26.7. The first kappa shape index (κ1) is 15.9. The maximum absolute atomic E-state index is 12.7. The van der Waals surface area contributed by atoms with Crippen LogP contribution in [0.4, 0.5) is 9.18 Å². The second-order valence-corrected chi connectivity index (χ2v) is 4.97. The van der Waals surface area contributed by atoms with E-state index in [0.29, 0.717) is 10.3 Å². The van der Waals surface area contributed by atoms with Gasteiger partial charge in [-0.1, -0.05) is 0 Å². The van der Waals surface area contributed by atoms with Crippen molar-refractivity contribution in [2.24, 2.45) is 5.73 Å². The molecule has 2 heterocycles. The number of hydrogen-bond donors (Lipinski definition) is 1. The van der Waals surface area contributed by atoms with Crippen molar-refractivity contribution in [3.8, 4) is 5.69 Å². The van der Waals surface area contributed by atoms with Crippen LogP contribution < -0.4 is 11.4 Å². The quantitative estimate of drug-likeness (QED) is 0.793. The van der Waals surface area contributed by atoms with E-state index in [4.69, 9.17) is 5.73 Å². The first-order valence-electron chi connectivity index (χ1n) is 5.98. The second-order valence-electron chi connectivity index (χ2n) is 4.16. The lowest BCUT2D eigenvalue weighted by Gasteiger charge is -2.05. The lowest BCUT2D eigenvalue weighted by Crippen LogP contribution is -2.26. The van der Waals surface area contributed by atoms with Gasteiger partial charge in [0.05, 0.1) is 24.8 Å².